The van der Waals surface area contributed by atoms with E-state index >= 15 is 0 Å². The van der Waals surface area contributed by atoms with Gasteiger partial charge in [0.15, 0.2) is 11.5 Å². The molecule has 0 unspecified atom stereocenters. The highest BCUT2D eigenvalue weighted by atomic mass is 79.9. The van der Waals surface area contributed by atoms with Gasteiger partial charge in [0, 0.05) is 6.54 Å². The molecule has 0 saturated carbocycles. The number of benzene rings is 2. The van der Waals surface area contributed by atoms with Gasteiger partial charge in [0.2, 0.25) is 0 Å². The Morgan fingerprint density at radius 1 is 1.22 bits per heavy atom. The van der Waals surface area contributed by atoms with Crippen LogP contribution in [0.25, 0.3) is 0 Å². The largest absolute Gasteiger partial charge is 0.495 e. The van der Waals surface area contributed by atoms with Crippen LogP contribution in [0, 0.1) is 0 Å². The van der Waals surface area contributed by atoms with E-state index in [-0.39, 0.29) is 11.7 Å². The molecule has 0 saturated heterocycles. The van der Waals surface area contributed by atoms with E-state index in [4.69, 9.17) is 14.2 Å². The molecule has 0 aliphatic carbocycles. The van der Waals surface area contributed by atoms with Crippen molar-refractivity contribution < 1.29 is 24.1 Å². The SMILES string of the molecule is CCOc1cc(CNc2cc(C(=O)O)ccc2OC)cc(Br)c1OC(C)C. The topological polar surface area (TPSA) is 77.0 Å². The summed E-state index contributed by atoms with van der Waals surface area (Å²) in [6.07, 6.45) is 0.0208. The second-order valence-corrected chi connectivity index (χ2v) is 6.93. The molecule has 6 nitrogen and oxygen atoms in total. The first-order valence-electron chi connectivity index (χ1n) is 8.62. The molecule has 27 heavy (non-hydrogen) atoms. The highest BCUT2D eigenvalue weighted by Crippen LogP contribution is 2.38. The molecule has 0 aliphatic rings. The third kappa shape index (κ3) is 5.53. The number of carboxylic acid groups (broad SMARTS) is 1. The van der Waals surface area contributed by atoms with Gasteiger partial charge in [-0.3, -0.25) is 0 Å². The van der Waals surface area contributed by atoms with Crippen LogP contribution in [0.1, 0.15) is 36.7 Å². The Hall–Kier alpha value is -2.41. The van der Waals surface area contributed by atoms with Gasteiger partial charge in [-0.25, -0.2) is 4.79 Å². The Morgan fingerprint density at radius 2 is 1.96 bits per heavy atom. The summed E-state index contributed by atoms with van der Waals surface area (Å²) in [4.78, 5) is 11.2. The monoisotopic (exact) mass is 437 g/mol. The zero-order chi connectivity index (χ0) is 20.0. The lowest BCUT2D eigenvalue weighted by Gasteiger charge is -2.18. The summed E-state index contributed by atoms with van der Waals surface area (Å²) in [5.74, 6) is 0.908. The van der Waals surface area contributed by atoms with Gasteiger partial charge < -0.3 is 24.6 Å². The van der Waals surface area contributed by atoms with Crippen LogP contribution in [-0.4, -0.2) is 30.9 Å². The van der Waals surface area contributed by atoms with Crippen LogP contribution in [0.5, 0.6) is 17.2 Å². The Kier molecular flexibility index (Phi) is 7.36. The Labute approximate surface area is 167 Å². The van der Waals surface area contributed by atoms with Crippen LogP contribution in [0.4, 0.5) is 5.69 Å². The number of halogens is 1. The van der Waals surface area contributed by atoms with Crippen molar-refractivity contribution in [1.29, 1.82) is 0 Å². The molecule has 7 heteroatoms. The number of carbonyl (C=O) groups is 1. The number of anilines is 1. The van der Waals surface area contributed by atoms with Gasteiger partial charge >= 0.3 is 5.97 Å². The van der Waals surface area contributed by atoms with Crippen LogP contribution < -0.4 is 19.5 Å². The normalized spacial score (nSPS) is 10.6. The van der Waals surface area contributed by atoms with Gasteiger partial charge in [-0.1, -0.05) is 0 Å². The minimum Gasteiger partial charge on any atom is -0.495 e. The number of rotatable bonds is 9. The number of methoxy groups -OCH3 is 1. The lowest BCUT2D eigenvalue weighted by atomic mass is 10.1. The van der Waals surface area contributed by atoms with Crippen LogP contribution in [0.15, 0.2) is 34.8 Å². The van der Waals surface area contributed by atoms with Crippen LogP contribution in [0.2, 0.25) is 0 Å². The zero-order valence-corrected chi connectivity index (χ0v) is 17.4. The summed E-state index contributed by atoms with van der Waals surface area (Å²) in [5.41, 5.74) is 1.74. The van der Waals surface area contributed by atoms with Gasteiger partial charge in [-0.2, -0.15) is 0 Å². The second kappa shape index (κ2) is 9.50. The fraction of sp³-hybridized carbons (Fsp3) is 0.350. The summed E-state index contributed by atoms with van der Waals surface area (Å²) in [6, 6.07) is 8.55. The predicted octanol–water partition coefficient (Wildman–Crippen LogP) is 4.95. The van der Waals surface area contributed by atoms with E-state index in [2.05, 4.69) is 21.2 Å². The summed E-state index contributed by atoms with van der Waals surface area (Å²) < 4.78 is 17.7. The molecule has 0 heterocycles. The van der Waals surface area contributed by atoms with E-state index in [0.29, 0.717) is 36.1 Å². The van der Waals surface area contributed by atoms with Crippen molar-refractivity contribution in [3.05, 3.63) is 45.9 Å². The molecule has 0 aromatic heterocycles. The van der Waals surface area contributed by atoms with Gasteiger partial charge in [-0.15, -0.1) is 0 Å². The van der Waals surface area contributed by atoms with E-state index in [9.17, 15) is 9.90 Å². The van der Waals surface area contributed by atoms with Crippen molar-refractivity contribution in [3.8, 4) is 17.2 Å². The van der Waals surface area contributed by atoms with Gasteiger partial charge in [0.05, 0.1) is 35.5 Å². The first kappa shape index (κ1) is 20.9. The summed E-state index contributed by atoms with van der Waals surface area (Å²) in [6.45, 7) is 6.81. The molecule has 2 N–H and O–H groups in total. The van der Waals surface area contributed by atoms with Crippen molar-refractivity contribution in [1.82, 2.24) is 0 Å². The minimum atomic E-state index is -0.989. The average molecular weight is 438 g/mol. The first-order valence-corrected chi connectivity index (χ1v) is 9.42. The molecule has 0 amide bonds. The number of aromatic carboxylic acids is 1. The molecule has 2 rings (SSSR count). The smallest absolute Gasteiger partial charge is 0.335 e. The van der Waals surface area contributed by atoms with E-state index < -0.39 is 5.97 Å². The number of nitrogens with one attached hydrogen (secondary N) is 1. The third-order valence-electron chi connectivity index (χ3n) is 3.65. The summed E-state index contributed by atoms with van der Waals surface area (Å²) in [5, 5.41) is 12.4. The predicted molar refractivity (Wildman–Crippen MR) is 108 cm³/mol. The standard InChI is InChI=1S/C20H24BrNO5/c1-5-26-18-9-13(8-15(21)19(18)27-12(2)3)11-22-16-10-14(20(23)24)6-7-17(16)25-4/h6-10,12,22H,5,11H2,1-4H3,(H,23,24). The highest BCUT2D eigenvalue weighted by Gasteiger charge is 2.14. The van der Waals surface area contributed by atoms with E-state index in [1.807, 2.05) is 32.9 Å². The molecular formula is C20H24BrNO5. The minimum absolute atomic E-state index is 0.0208. The number of ether oxygens (including phenoxy) is 3. The maximum atomic E-state index is 11.2. The van der Waals surface area contributed by atoms with E-state index in [1.165, 1.54) is 6.07 Å². The fourth-order valence-electron chi connectivity index (χ4n) is 2.51. The quantitative estimate of drug-likeness (QED) is 0.577. The molecule has 0 atom stereocenters. The van der Waals surface area contributed by atoms with Crippen molar-refractivity contribution in [2.75, 3.05) is 19.0 Å². The Bertz CT molecular complexity index is 807. The third-order valence-corrected chi connectivity index (χ3v) is 4.24. The highest BCUT2D eigenvalue weighted by molar-refractivity contribution is 9.10. The van der Waals surface area contributed by atoms with E-state index in [0.717, 1.165) is 10.0 Å². The fourth-order valence-corrected chi connectivity index (χ4v) is 3.10. The zero-order valence-electron chi connectivity index (χ0n) is 15.8. The molecule has 2 aromatic carbocycles. The van der Waals surface area contributed by atoms with Crippen molar-refractivity contribution >= 4 is 27.6 Å². The molecule has 146 valence electrons. The Morgan fingerprint density at radius 3 is 2.56 bits per heavy atom. The Balaban J connectivity index is 2.27. The summed E-state index contributed by atoms with van der Waals surface area (Å²) in [7, 11) is 1.54. The average Bonchev–Trinajstić information content (AvgIpc) is 2.62. The van der Waals surface area contributed by atoms with E-state index in [1.54, 1.807) is 19.2 Å². The van der Waals surface area contributed by atoms with Crippen LogP contribution in [-0.2, 0) is 6.54 Å². The molecule has 0 fully saturated rings. The van der Waals surface area contributed by atoms with Crippen LogP contribution >= 0.6 is 15.9 Å². The maximum Gasteiger partial charge on any atom is 0.335 e. The molecule has 0 radical (unpaired) electrons. The first-order chi connectivity index (χ1) is 12.8. The molecule has 0 aliphatic heterocycles. The molecule has 0 spiro atoms. The maximum absolute atomic E-state index is 11.2. The molecular weight excluding hydrogens is 414 g/mol. The number of hydrogen-bond acceptors (Lipinski definition) is 5. The number of hydrogen-bond donors (Lipinski definition) is 2. The second-order valence-electron chi connectivity index (χ2n) is 6.08. The lowest BCUT2D eigenvalue weighted by Crippen LogP contribution is -2.09. The van der Waals surface area contributed by atoms with Crippen molar-refractivity contribution in [2.24, 2.45) is 0 Å². The van der Waals surface area contributed by atoms with Crippen molar-refractivity contribution in [2.45, 2.75) is 33.4 Å². The lowest BCUT2D eigenvalue weighted by molar-refractivity contribution is 0.0697. The molecule has 2 aromatic rings. The van der Waals surface area contributed by atoms with Crippen LogP contribution in [0.3, 0.4) is 0 Å². The van der Waals surface area contributed by atoms with Gasteiger partial charge in [0.25, 0.3) is 0 Å². The van der Waals surface area contributed by atoms with Crippen molar-refractivity contribution in [3.63, 3.8) is 0 Å². The summed E-state index contributed by atoms with van der Waals surface area (Å²) >= 11 is 3.55. The molecule has 0 bridgehead atoms. The number of carboxylic acids is 1. The van der Waals surface area contributed by atoms with Gasteiger partial charge in [0.1, 0.15) is 5.75 Å². The van der Waals surface area contributed by atoms with Gasteiger partial charge in [-0.05, 0) is 72.6 Å².